The minimum absolute atomic E-state index is 0.168. The summed E-state index contributed by atoms with van der Waals surface area (Å²) in [6, 6.07) is 7.03. The Kier molecular flexibility index (Phi) is 3.88. The molecule has 19 heavy (non-hydrogen) atoms. The Labute approximate surface area is 112 Å². The lowest BCUT2D eigenvalue weighted by Crippen LogP contribution is -2.23. The van der Waals surface area contributed by atoms with E-state index in [1.807, 2.05) is 12.1 Å². The third-order valence-electron chi connectivity index (χ3n) is 3.36. The monoisotopic (exact) mass is 262 g/mol. The second-order valence-corrected chi connectivity index (χ2v) is 4.60. The summed E-state index contributed by atoms with van der Waals surface area (Å²) in [5.74, 6) is -0.506. The minimum Gasteiger partial charge on any atom is -0.465 e. The summed E-state index contributed by atoms with van der Waals surface area (Å²) in [4.78, 5) is 23.5. The SMILES string of the molecule is CCOC(=O)c1ccc(C2(C(=O)OCC)CC2)cc1. The first-order valence-electron chi connectivity index (χ1n) is 6.59. The van der Waals surface area contributed by atoms with E-state index in [1.165, 1.54) is 0 Å². The zero-order valence-electron chi connectivity index (χ0n) is 11.3. The second kappa shape index (κ2) is 5.43. The molecule has 102 valence electrons. The van der Waals surface area contributed by atoms with Gasteiger partial charge in [0.1, 0.15) is 0 Å². The Morgan fingerprint density at radius 1 is 1.05 bits per heavy atom. The molecule has 1 aromatic carbocycles. The summed E-state index contributed by atoms with van der Waals surface area (Å²) >= 11 is 0. The van der Waals surface area contributed by atoms with E-state index < -0.39 is 5.41 Å². The molecule has 0 radical (unpaired) electrons. The molecule has 0 aliphatic heterocycles. The van der Waals surface area contributed by atoms with Gasteiger partial charge in [-0.25, -0.2) is 4.79 Å². The molecule has 0 spiro atoms. The molecule has 1 fully saturated rings. The van der Waals surface area contributed by atoms with Crippen molar-refractivity contribution in [2.75, 3.05) is 13.2 Å². The Morgan fingerprint density at radius 3 is 2.11 bits per heavy atom. The highest BCUT2D eigenvalue weighted by Crippen LogP contribution is 2.49. The average Bonchev–Trinajstić information content (AvgIpc) is 3.21. The minimum atomic E-state index is -0.483. The fourth-order valence-electron chi connectivity index (χ4n) is 2.14. The highest BCUT2D eigenvalue weighted by molar-refractivity contribution is 5.90. The van der Waals surface area contributed by atoms with Crippen LogP contribution in [0, 0.1) is 0 Å². The van der Waals surface area contributed by atoms with Crippen LogP contribution in [-0.2, 0) is 19.7 Å². The van der Waals surface area contributed by atoms with E-state index in [-0.39, 0.29) is 11.9 Å². The van der Waals surface area contributed by atoms with Crippen molar-refractivity contribution in [2.45, 2.75) is 32.1 Å². The van der Waals surface area contributed by atoms with Gasteiger partial charge in [-0.05, 0) is 44.4 Å². The molecule has 0 saturated heterocycles. The van der Waals surface area contributed by atoms with E-state index in [0.29, 0.717) is 18.8 Å². The van der Waals surface area contributed by atoms with Crippen molar-refractivity contribution in [3.8, 4) is 0 Å². The van der Waals surface area contributed by atoms with Crippen molar-refractivity contribution in [2.24, 2.45) is 0 Å². The van der Waals surface area contributed by atoms with Crippen LogP contribution in [-0.4, -0.2) is 25.2 Å². The summed E-state index contributed by atoms with van der Waals surface area (Å²) in [6.07, 6.45) is 1.62. The average molecular weight is 262 g/mol. The van der Waals surface area contributed by atoms with Crippen LogP contribution in [0.15, 0.2) is 24.3 Å². The molecule has 0 N–H and O–H groups in total. The predicted octanol–water partition coefficient (Wildman–Crippen LogP) is 2.46. The lowest BCUT2D eigenvalue weighted by molar-refractivity contribution is -0.146. The van der Waals surface area contributed by atoms with Gasteiger partial charge in [0.2, 0.25) is 0 Å². The highest BCUT2D eigenvalue weighted by atomic mass is 16.5. The lowest BCUT2D eigenvalue weighted by Gasteiger charge is -2.14. The van der Waals surface area contributed by atoms with Crippen LogP contribution < -0.4 is 0 Å². The van der Waals surface area contributed by atoms with Gasteiger partial charge in [0.15, 0.2) is 0 Å². The van der Waals surface area contributed by atoms with Gasteiger partial charge in [-0.15, -0.1) is 0 Å². The number of carbonyl (C=O) groups is 2. The van der Waals surface area contributed by atoms with Crippen molar-refractivity contribution in [3.05, 3.63) is 35.4 Å². The second-order valence-electron chi connectivity index (χ2n) is 4.60. The zero-order valence-corrected chi connectivity index (χ0v) is 11.3. The highest BCUT2D eigenvalue weighted by Gasteiger charge is 2.52. The topological polar surface area (TPSA) is 52.6 Å². The van der Waals surface area contributed by atoms with Gasteiger partial charge in [-0.1, -0.05) is 12.1 Å². The van der Waals surface area contributed by atoms with E-state index in [2.05, 4.69) is 0 Å². The van der Waals surface area contributed by atoms with Crippen molar-refractivity contribution < 1.29 is 19.1 Å². The Bertz CT molecular complexity index is 471. The van der Waals surface area contributed by atoms with E-state index in [1.54, 1.807) is 26.0 Å². The largest absolute Gasteiger partial charge is 0.465 e. The Hall–Kier alpha value is -1.84. The third-order valence-corrected chi connectivity index (χ3v) is 3.36. The third kappa shape index (κ3) is 2.62. The quantitative estimate of drug-likeness (QED) is 0.765. The van der Waals surface area contributed by atoms with Crippen LogP contribution in [0.4, 0.5) is 0 Å². The summed E-state index contributed by atoms with van der Waals surface area (Å²) < 4.78 is 10.0. The maximum absolute atomic E-state index is 11.9. The molecule has 0 unspecified atom stereocenters. The van der Waals surface area contributed by atoms with Gasteiger partial charge in [-0.3, -0.25) is 4.79 Å². The van der Waals surface area contributed by atoms with Crippen molar-refractivity contribution in [1.82, 2.24) is 0 Å². The van der Waals surface area contributed by atoms with Crippen LogP contribution >= 0.6 is 0 Å². The summed E-state index contributed by atoms with van der Waals surface area (Å²) in [5, 5.41) is 0. The Morgan fingerprint density at radius 2 is 1.63 bits per heavy atom. The molecule has 0 atom stereocenters. The van der Waals surface area contributed by atoms with Crippen LogP contribution in [0.3, 0.4) is 0 Å². The molecule has 1 saturated carbocycles. The normalized spacial score (nSPS) is 15.7. The standard InChI is InChI=1S/C15H18O4/c1-3-18-13(16)11-5-7-12(8-6-11)15(9-10-15)14(17)19-4-2/h5-8H,3-4,9-10H2,1-2H3. The maximum atomic E-state index is 11.9. The molecule has 1 aliphatic carbocycles. The number of hydrogen-bond acceptors (Lipinski definition) is 4. The Balaban J connectivity index is 2.15. The first-order valence-corrected chi connectivity index (χ1v) is 6.59. The molecule has 1 aliphatic rings. The van der Waals surface area contributed by atoms with E-state index in [9.17, 15) is 9.59 Å². The predicted molar refractivity (Wildman–Crippen MR) is 69.9 cm³/mol. The molecule has 0 amide bonds. The van der Waals surface area contributed by atoms with Crippen LogP contribution in [0.5, 0.6) is 0 Å². The fraction of sp³-hybridized carbons (Fsp3) is 0.467. The number of hydrogen-bond donors (Lipinski definition) is 0. The van der Waals surface area contributed by atoms with Gasteiger partial charge in [0, 0.05) is 0 Å². The number of esters is 2. The van der Waals surface area contributed by atoms with E-state index in [4.69, 9.17) is 9.47 Å². The lowest BCUT2D eigenvalue weighted by atomic mass is 9.95. The van der Waals surface area contributed by atoms with Crippen molar-refractivity contribution >= 4 is 11.9 Å². The molecular formula is C15H18O4. The number of carbonyl (C=O) groups excluding carboxylic acids is 2. The van der Waals surface area contributed by atoms with Crippen LogP contribution in [0.25, 0.3) is 0 Å². The zero-order chi connectivity index (χ0) is 13.9. The van der Waals surface area contributed by atoms with Gasteiger partial charge in [0.25, 0.3) is 0 Å². The first-order chi connectivity index (χ1) is 9.14. The van der Waals surface area contributed by atoms with E-state index in [0.717, 1.165) is 18.4 Å². The molecule has 4 heteroatoms. The number of rotatable bonds is 5. The maximum Gasteiger partial charge on any atom is 0.338 e. The number of benzene rings is 1. The summed E-state index contributed by atoms with van der Waals surface area (Å²) in [7, 11) is 0. The number of ether oxygens (including phenoxy) is 2. The van der Waals surface area contributed by atoms with Crippen LogP contribution in [0.1, 0.15) is 42.6 Å². The smallest absolute Gasteiger partial charge is 0.338 e. The van der Waals surface area contributed by atoms with Crippen LogP contribution in [0.2, 0.25) is 0 Å². The molecule has 4 nitrogen and oxygen atoms in total. The summed E-state index contributed by atoms with van der Waals surface area (Å²) in [6.45, 7) is 4.32. The fourth-order valence-corrected chi connectivity index (χ4v) is 2.14. The van der Waals surface area contributed by atoms with E-state index >= 15 is 0 Å². The molecule has 0 bridgehead atoms. The van der Waals surface area contributed by atoms with Crippen molar-refractivity contribution in [3.63, 3.8) is 0 Å². The molecule has 0 heterocycles. The first kappa shape index (κ1) is 13.6. The van der Waals surface area contributed by atoms with Crippen molar-refractivity contribution in [1.29, 1.82) is 0 Å². The molecule has 2 rings (SSSR count). The van der Waals surface area contributed by atoms with Gasteiger partial charge in [0.05, 0.1) is 24.2 Å². The summed E-state index contributed by atoms with van der Waals surface area (Å²) in [5.41, 5.74) is 0.938. The van der Waals surface area contributed by atoms with Gasteiger partial charge < -0.3 is 9.47 Å². The van der Waals surface area contributed by atoms with Gasteiger partial charge >= 0.3 is 11.9 Å². The van der Waals surface area contributed by atoms with Gasteiger partial charge in [-0.2, -0.15) is 0 Å². The molecule has 1 aromatic rings. The molecular weight excluding hydrogens is 244 g/mol. The molecule has 0 aromatic heterocycles.